The van der Waals surface area contributed by atoms with Crippen LogP contribution >= 0.6 is 0 Å². The van der Waals surface area contributed by atoms with Gasteiger partial charge in [0.05, 0.1) is 17.5 Å². The van der Waals surface area contributed by atoms with Crippen LogP contribution in [-0.2, 0) is 4.74 Å². The number of nitrogens with two attached hydrogens (primary N) is 2. The Morgan fingerprint density at radius 1 is 1.00 bits per heavy atom. The predicted octanol–water partition coefficient (Wildman–Crippen LogP) is 3.84. The molecule has 1 amide bonds. The molecule has 7 nitrogen and oxygen atoms in total. The molecule has 0 aromatic heterocycles. The second-order valence-electron chi connectivity index (χ2n) is 8.48. The number of nitrogens with zero attached hydrogens (tertiary/aromatic N) is 2. The second-order valence-corrected chi connectivity index (χ2v) is 8.48. The van der Waals surface area contributed by atoms with Crippen LogP contribution in [0, 0.1) is 0 Å². The first-order valence-corrected chi connectivity index (χ1v) is 11.1. The lowest BCUT2D eigenvalue weighted by Gasteiger charge is -2.25. The van der Waals surface area contributed by atoms with Crippen molar-refractivity contribution in [3.8, 4) is 5.75 Å². The Morgan fingerprint density at radius 2 is 1.60 bits per heavy atom. The minimum atomic E-state index is -0.342. The number of hydrogen-bond acceptors (Lipinski definition) is 6. The number of hydrazine groups is 1. The van der Waals surface area contributed by atoms with Crippen LogP contribution in [0.1, 0.15) is 63.4 Å². The first-order chi connectivity index (χ1) is 14.5. The normalized spacial score (nSPS) is 18.6. The molecule has 7 heteroatoms. The van der Waals surface area contributed by atoms with Crippen LogP contribution in [0.5, 0.6) is 5.75 Å². The van der Waals surface area contributed by atoms with E-state index in [-0.39, 0.29) is 18.7 Å². The van der Waals surface area contributed by atoms with Gasteiger partial charge in [-0.3, -0.25) is 0 Å². The summed E-state index contributed by atoms with van der Waals surface area (Å²) in [6.07, 6.45) is 10.3. The van der Waals surface area contributed by atoms with Gasteiger partial charge >= 0.3 is 6.09 Å². The molecule has 4 N–H and O–H groups in total. The van der Waals surface area contributed by atoms with Gasteiger partial charge < -0.3 is 25.1 Å². The summed E-state index contributed by atoms with van der Waals surface area (Å²) in [7, 11) is 3.49. The number of carbonyl (C=O) groups is 1. The van der Waals surface area contributed by atoms with Gasteiger partial charge in [-0.25, -0.2) is 10.6 Å². The molecule has 0 spiro atoms. The van der Waals surface area contributed by atoms with Crippen molar-refractivity contribution in [3.63, 3.8) is 0 Å². The van der Waals surface area contributed by atoms with Crippen molar-refractivity contribution in [3.05, 3.63) is 35.5 Å². The highest BCUT2D eigenvalue weighted by molar-refractivity contribution is 5.69. The summed E-state index contributed by atoms with van der Waals surface area (Å²) in [4.78, 5) is 14.1. The number of amides is 1. The van der Waals surface area contributed by atoms with E-state index >= 15 is 0 Å². The number of likely N-dealkylation sites (N-methyl/N-ethyl adjacent to an activating group) is 1. The third-order valence-corrected chi connectivity index (χ3v) is 6.25. The maximum Gasteiger partial charge on any atom is 0.410 e. The lowest BCUT2D eigenvalue weighted by atomic mass is 9.98. The smallest absolute Gasteiger partial charge is 0.410 e. The zero-order valence-electron chi connectivity index (χ0n) is 18.3. The summed E-state index contributed by atoms with van der Waals surface area (Å²) in [5.41, 5.74) is 8.24. The first kappa shape index (κ1) is 22.3. The van der Waals surface area contributed by atoms with E-state index in [1.807, 2.05) is 24.3 Å². The van der Waals surface area contributed by atoms with Gasteiger partial charge in [-0.15, -0.1) is 0 Å². The van der Waals surface area contributed by atoms with Crippen molar-refractivity contribution < 1.29 is 14.3 Å². The molecular formula is C23H36N4O3. The van der Waals surface area contributed by atoms with Gasteiger partial charge in [0, 0.05) is 20.1 Å². The van der Waals surface area contributed by atoms with Gasteiger partial charge in [-0.05, 0) is 68.4 Å². The molecule has 1 aromatic rings. The Balaban J connectivity index is 1.62. The fourth-order valence-electron chi connectivity index (χ4n) is 4.30. The first-order valence-electron chi connectivity index (χ1n) is 11.1. The largest absolute Gasteiger partial charge is 0.490 e. The quantitative estimate of drug-likeness (QED) is 0.518. The topological polar surface area (TPSA) is 94.0 Å². The highest BCUT2D eigenvalue weighted by Gasteiger charge is 2.25. The van der Waals surface area contributed by atoms with E-state index in [0.29, 0.717) is 17.5 Å². The summed E-state index contributed by atoms with van der Waals surface area (Å²) < 4.78 is 11.6. The van der Waals surface area contributed by atoms with Crippen LogP contribution in [0.2, 0.25) is 0 Å². The fraction of sp³-hybridized carbons (Fsp3) is 0.609. The lowest BCUT2D eigenvalue weighted by Crippen LogP contribution is -2.37. The Morgan fingerprint density at radius 3 is 2.20 bits per heavy atom. The molecule has 0 bridgehead atoms. The summed E-state index contributed by atoms with van der Waals surface area (Å²) in [5.74, 6) is 6.83. The number of carbonyl (C=O) groups excluding carboxylic acids is 1. The molecule has 0 atom stereocenters. The molecule has 2 aliphatic rings. The molecule has 2 saturated carbocycles. The van der Waals surface area contributed by atoms with Crippen molar-refractivity contribution in [2.24, 2.45) is 11.6 Å². The average molecular weight is 417 g/mol. The molecule has 0 unspecified atom stereocenters. The van der Waals surface area contributed by atoms with Crippen molar-refractivity contribution in [1.29, 1.82) is 0 Å². The number of ether oxygens (including phenoxy) is 2. The van der Waals surface area contributed by atoms with Crippen LogP contribution in [0.4, 0.5) is 4.79 Å². The molecule has 30 heavy (non-hydrogen) atoms. The zero-order chi connectivity index (χ0) is 21.5. The van der Waals surface area contributed by atoms with Crippen LogP contribution in [0.15, 0.2) is 30.0 Å². The Hall–Kier alpha value is -2.41. The molecule has 0 aliphatic heterocycles. The predicted molar refractivity (Wildman–Crippen MR) is 118 cm³/mol. The number of hydrogen-bond donors (Lipinski definition) is 2. The average Bonchev–Trinajstić information content (AvgIpc) is 3.29. The second kappa shape index (κ2) is 10.6. The molecule has 0 heterocycles. The van der Waals surface area contributed by atoms with E-state index in [2.05, 4.69) is 0 Å². The monoisotopic (exact) mass is 416 g/mol. The summed E-state index contributed by atoms with van der Waals surface area (Å²) in [6, 6.07) is 7.97. The molecule has 3 rings (SSSR count). The summed E-state index contributed by atoms with van der Waals surface area (Å²) in [6.45, 7) is 0.0229. The molecule has 166 valence electrons. The number of rotatable bonds is 7. The van der Waals surface area contributed by atoms with Crippen molar-refractivity contribution >= 4 is 11.8 Å². The maximum atomic E-state index is 12.4. The van der Waals surface area contributed by atoms with E-state index in [9.17, 15) is 4.79 Å². The van der Waals surface area contributed by atoms with E-state index in [0.717, 1.165) is 49.8 Å². The molecule has 1 aromatic carbocycles. The van der Waals surface area contributed by atoms with Gasteiger partial charge in [0.15, 0.2) is 0 Å². The third kappa shape index (κ3) is 5.81. The molecule has 2 aliphatic carbocycles. The van der Waals surface area contributed by atoms with Gasteiger partial charge in [-0.1, -0.05) is 19.3 Å². The highest BCUT2D eigenvalue weighted by Crippen LogP contribution is 2.26. The van der Waals surface area contributed by atoms with Crippen LogP contribution in [0.3, 0.4) is 0 Å². The Labute approximate surface area is 179 Å². The van der Waals surface area contributed by atoms with Crippen LogP contribution in [-0.4, -0.2) is 48.9 Å². The van der Waals surface area contributed by atoms with Crippen molar-refractivity contribution in [2.45, 2.75) is 69.9 Å². The van der Waals surface area contributed by atoms with Gasteiger partial charge in [-0.2, -0.15) is 0 Å². The van der Waals surface area contributed by atoms with E-state index < -0.39 is 0 Å². The van der Waals surface area contributed by atoms with Crippen LogP contribution < -0.4 is 16.3 Å². The molecule has 0 saturated heterocycles. The molecular weight excluding hydrogens is 380 g/mol. The minimum Gasteiger partial charge on any atom is -0.490 e. The number of benzene rings is 1. The standard InChI is InChI=1S/C23H36N4O3/c1-26(18-8-6-7-9-18)23(28)29-16-21(27(2)25)22(24)17-12-14-20(15-13-17)30-19-10-4-3-5-11-19/h12-15,18-19H,3-11,16,24-25H2,1-2H3/b22-21-. The Kier molecular flexibility index (Phi) is 7.85. The molecule has 2 fully saturated rings. The van der Waals surface area contributed by atoms with Gasteiger partial charge in [0.1, 0.15) is 12.4 Å². The lowest BCUT2D eigenvalue weighted by molar-refractivity contribution is 0.0999. The zero-order valence-corrected chi connectivity index (χ0v) is 18.3. The minimum absolute atomic E-state index is 0.0229. The third-order valence-electron chi connectivity index (χ3n) is 6.25. The highest BCUT2D eigenvalue weighted by atomic mass is 16.6. The van der Waals surface area contributed by atoms with Gasteiger partial charge in [0.2, 0.25) is 0 Å². The Bertz CT molecular complexity index is 720. The SMILES string of the molecule is CN(N)/C(COC(=O)N(C)C1CCCC1)=C(\N)c1ccc(OC2CCCCC2)cc1. The van der Waals surface area contributed by atoms with Crippen molar-refractivity contribution in [1.82, 2.24) is 9.91 Å². The fourth-order valence-corrected chi connectivity index (χ4v) is 4.30. The van der Waals surface area contributed by atoms with E-state index in [1.165, 1.54) is 24.3 Å². The maximum absolute atomic E-state index is 12.4. The summed E-state index contributed by atoms with van der Waals surface area (Å²) in [5, 5.41) is 1.41. The van der Waals surface area contributed by atoms with Crippen molar-refractivity contribution in [2.75, 3.05) is 20.7 Å². The molecule has 0 radical (unpaired) electrons. The summed E-state index contributed by atoms with van der Waals surface area (Å²) >= 11 is 0. The van der Waals surface area contributed by atoms with Crippen LogP contribution in [0.25, 0.3) is 5.70 Å². The van der Waals surface area contributed by atoms with Gasteiger partial charge in [0.25, 0.3) is 0 Å². The van der Waals surface area contributed by atoms with E-state index in [4.69, 9.17) is 21.1 Å². The van der Waals surface area contributed by atoms with E-state index in [1.54, 1.807) is 19.0 Å².